The van der Waals surface area contributed by atoms with Crippen LogP contribution in [0.25, 0.3) is 0 Å². The predicted molar refractivity (Wildman–Crippen MR) is 68.3 cm³/mol. The topological polar surface area (TPSA) is 33.2 Å². The summed E-state index contributed by atoms with van der Waals surface area (Å²) in [6.07, 6.45) is 2.03. The lowest BCUT2D eigenvalue weighted by Crippen LogP contribution is -2.38. The molecule has 1 aliphatic rings. The number of pyridine rings is 1. The summed E-state index contributed by atoms with van der Waals surface area (Å²) in [6, 6.07) is 5.51. The third kappa shape index (κ3) is 2.97. The second-order valence-corrected chi connectivity index (χ2v) is 5.40. The lowest BCUT2D eigenvalue weighted by Gasteiger charge is -2.34. The molecule has 1 saturated carbocycles. The van der Waals surface area contributed by atoms with Gasteiger partial charge in [0.15, 0.2) is 0 Å². The highest BCUT2D eigenvalue weighted by Crippen LogP contribution is 2.32. The first-order valence-corrected chi connectivity index (χ1v) is 6.33. The smallest absolute Gasteiger partial charge is 0.272 e. The fourth-order valence-electron chi connectivity index (χ4n) is 2.13. The van der Waals surface area contributed by atoms with Crippen molar-refractivity contribution in [1.82, 2.24) is 9.88 Å². The van der Waals surface area contributed by atoms with Gasteiger partial charge in [0, 0.05) is 24.7 Å². The van der Waals surface area contributed by atoms with Crippen molar-refractivity contribution in [1.29, 1.82) is 0 Å². The van der Waals surface area contributed by atoms with E-state index < -0.39 is 0 Å². The van der Waals surface area contributed by atoms with E-state index in [1.54, 1.807) is 11.0 Å². The molecule has 0 N–H and O–H groups in total. The number of amides is 1. The summed E-state index contributed by atoms with van der Waals surface area (Å²) in [4.78, 5) is 18.1. The minimum atomic E-state index is -0.00766. The van der Waals surface area contributed by atoms with E-state index in [2.05, 4.69) is 4.98 Å². The number of carbonyl (C=O) groups is 1. The third-order valence-corrected chi connectivity index (χ3v) is 3.52. The summed E-state index contributed by atoms with van der Waals surface area (Å²) in [5, 5.41) is 0.306. The van der Waals surface area contributed by atoms with Crippen molar-refractivity contribution in [2.45, 2.75) is 25.1 Å². The molecule has 17 heavy (non-hydrogen) atoms. The van der Waals surface area contributed by atoms with Crippen LogP contribution in [-0.2, 0) is 0 Å². The summed E-state index contributed by atoms with van der Waals surface area (Å²) >= 11 is 5.93. The maximum Gasteiger partial charge on any atom is 0.272 e. The molecule has 3 nitrogen and oxygen atoms in total. The Balaban J connectivity index is 1.95. The first kappa shape index (κ1) is 12.4. The van der Waals surface area contributed by atoms with Crippen LogP contribution in [0.15, 0.2) is 18.2 Å². The second-order valence-electron chi connectivity index (χ2n) is 4.78. The largest absolute Gasteiger partial charge is 0.340 e. The Morgan fingerprint density at radius 1 is 1.53 bits per heavy atom. The van der Waals surface area contributed by atoms with Gasteiger partial charge in [0.1, 0.15) is 5.69 Å². The molecule has 4 heteroatoms. The van der Waals surface area contributed by atoms with Gasteiger partial charge < -0.3 is 4.90 Å². The molecule has 0 saturated heterocycles. The normalized spacial score (nSPS) is 23.0. The van der Waals surface area contributed by atoms with E-state index in [0.29, 0.717) is 17.0 Å². The van der Waals surface area contributed by atoms with Gasteiger partial charge in [0.05, 0.1) is 0 Å². The highest BCUT2D eigenvalue weighted by Gasteiger charge is 2.29. The second kappa shape index (κ2) is 5.05. The number of rotatable bonds is 3. The third-order valence-electron chi connectivity index (χ3n) is 3.16. The number of nitrogens with zero attached hydrogens (tertiary/aromatic N) is 2. The zero-order valence-corrected chi connectivity index (χ0v) is 10.9. The summed E-state index contributed by atoms with van der Waals surface area (Å²) in [6.45, 7) is 2.67. The van der Waals surface area contributed by atoms with Gasteiger partial charge in [-0.05, 0) is 37.8 Å². The molecule has 0 spiro atoms. The molecule has 0 aromatic carbocycles. The zero-order valence-electron chi connectivity index (χ0n) is 10.2. The molecule has 1 aliphatic carbocycles. The van der Waals surface area contributed by atoms with Crippen molar-refractivity contribution in [3.63, 3.8) is 0 Å². The average Bonchev–Trinajstić information content (AvgIpc) is 2.26. The van der Waals surface area contributed by atoms with Gasteiger partial charge in [-0.15, -0.1) is 11.6 Å². The molecule has 0 radical (unpaired) electrons. The molecular weight excluding hydrogens is 236 g/mol. The molecule has 1 aromatic rings. The predicted octanol–water partition coefficient (Wildman–Crippen LogP) is 2.48. The first-order valence-electron chi connectivity index (χ1n) is 5.89. The van der Waals surface area contributed by atoms with E-state index in [0.717, 1.165) is 25.1 Å². The van der Waals surface area contributed by atoms with Crippen LogP contribution in [0, 0.1) is 12.8 Å². The van der Waals surface area contributed by atoms with Crippen LogP contribution in [0.5, 0.6) is 0 Å². The van der Waals surface area contributed by atoms with Crippen LogP contribution >= 0.6 is 11.6 Å². The van der Waals surface area contributed by atoms with E-state index >= 15 is 0 Å². The minimum absolute atomic E-state index is 0.00766. The molecular formula is C13H17ClN2O. The number of hydrogen-bond acceptors (Lipinski definition) is 2. The van der Waals surface area contributed by atoms with E-state index in [-0.39, 0.29) is 5.91 Å². The molecule has 1 fully saturated rings. The molecule has 0 bridgehead atoms. The van der Waals surface area contributed by atoms with Gasteiger partial charge in [-0.25, -0.2) is 4.98 Å². The minimum Gasteiger partial charge on any atom is -0.340 e. The van der Waals surface area contributed by atoms with Crippen molar-refractivity contribution in [3.8, 4) is 0 Å². The summed E-state index contributed by atoms with van der Waals surface area (Å²) < 4.78 is 0. The van der Waals surface area contributed by atoms with E-state index in [1.807, 2.05) is 26.1 Å². The summed E-state index contributed by atoms with van der Waals surface area (Å²) in [5.74, 6) is 0.544. The lowest BCUT2D eigenvalue weighted by atomic mass is 9.84. The van der Waals surface area contributed by atoms with Crippen LogP contribution in [-0.4, -0.2) is 34.8 Å². The van der Waals surface area contributed by atoms with Crippen molar-refractivity contribution in [2.75, 3.05) is 13.6 Å². The van der Waals surface area contributed by atoms with Crippen LogP contribution in [0.2, 0.25) is 0 Å². The number of halogens is 1. The van der Waals surface area contributed by atoms with Gasteiger partial charge >= 0.3 is 0 Å². The van der Waals surface area contributed by atoms with Crippen LogP contribution < -0.4 is 0 Å². The SMILES string of the molecule is Cc1cccc(C(=O)N(C)CC2CC(Cl)C2)n1. The van der Waals surface area contributed by atoms with Crippen molar-refractivity contribution < 1.29 is 4.79 Å². The molecule has 1 heterocycles. The van der Waals surface area contributed by atoms with Gasteiger partial charge in [-0.1, -0.05) is 6.07 Å². The van der Waals surface area contributed by atoms with Gasteiger partial charge in [0.25, 0.3) is 5.91 Å². The van der Waals surface area contributed by atoms with Gasteiger partial charge in [-0.2, -0.15) is 0 Å². The molecule has 0 aliphatic heterocycles. The number of hydrogen-bond donors (Lipinski definition) is 0. The molecule has 2 rings (SSSR count). The fraction of sp³-hybridized carbons (Fsp3) is 0.538. The molecule has 1 aromatic heterocycles. The highest BCUT2D eigenvalue weighted by atomic mass is 35.5. The number of aromatic nitrogens is 1. The van der Waals surface area contributed by atoms with E-state index in [1.165, 1.54) is 0 Å². The van der Waals surface area contributed by atoms with Crippen molar-refractivity contribution >= 4 is 17.5 Å². The van der Waals surface area contributed by atoms with Crippen molar-refractivity contribution in [3.05, 3.63) is 29.6 Å². The average molecular weight is 253 g/mol. The number of aryl methyl sites for hydroxylation is 1. The molecule has 0 unspecified atom stereocenters. The Bertz CT molecular complexity index is 416. The number of alkyl halides is 1. The Labute approximate surface area is 107 Å². The quantitative estimate of drug-likeness (QED) is 0.775. The zero-order chi connectivity index (χ0) is 12.4. The number of carbonyl (C=O) groups excluding carboxylic acids is 1. The standard InChI is InChI=1S/C13H17ClN2O/c1-9-4-3-5-12(15-9)13(17)16(2)8-10-6-11(14)7-10/h3-5,10-11H,6-8H2,1-2H3. The first-order chi connectivity index (χ1) is 8.06. The Kier molecular flexibility index (Phi) is 3.67. The summed E-state index contributed by atoms with van der Waals surface area (Å²) in [7, 11) is 1.83. The van der Waals surface area contributed by atoms with Crippen LogP contribution in [0.4, 0.5) is 0 Å². The summed E-state index contributed by atoms with van der Waals surface area (Å²) in [5.41, 5.74) is 1.39. The fourth-order valence-corrected chi connectivity index (χ4v) is 2.64. The molecule has 1 amide bonds. The lowest BCUT2D eigenvalue weighted by molar-refractivity contribution is 0.0741. The van der Waals surface area contributed by atoms with Crippen LogP contribution in [0.3, 0.4) is 0 Å². The van der Waals surface area contributed by atoms with E-state index in [4.69, 9.17) is 11.6 Å². The van der Waals surface area contributed by atoms with Crippen LogP contribution in [0.1, 0.15) is 29.0 Å². The van der Waals surface area contributed by atoms with E-state index in [9.17, 15) is 4.79 Å². The monoisotopic (exact) mass is 252 g/mol. The molecule has 0 atom stereocenters. The molecule has 92 valence electrons. The Morgan fingerprint density at radius 2 is 2.24 bits per heavy atom. The van der Waals surface area contributed by atoms with Gasteiger partial charge in [0.2, 0.25) is 0 Å². The Morgan fingerprint density at radius 3 is 2.82 bits per heavy atom. The highest BCUT2D eigenvalue weighted by molar-refractivity contribution is 6.21. The maximum absolute atomic E-state index is 12.1. The van der Waals surface area contributed by atoms with Crippen molar-refractivity contribution in [2.24, 2.45) is 5.92 Å². The Hall–Kier alpha value is -1.09. The maximum atomic E-state index is 12.1. The van der Waals surface area contributed by atoms with Gasteiger partial charge in [-0.3, -0.25) is 4.79 Å².